The number of anilines is 1. The number of carbonyl (C=O) groups excluding carboxylic acids is 1. The highest BCUT2D eigenvalue weighted by molar-refractivity contribution is 7.99. The Morgan fingerprint density at radius 1 is 1.05 bits per heavy atom. The number of carbonyl (C=O) groups is 1. The SMILES string of the molecule is O=C1Nc2cc(Sc3ccc4c(c3)CCC4)ccc2C1O. The number of rotatable bonds is 2. The molecule has 1 atom stereocenters. The first-order chi connectivity index (χ1) is 10.2. The maximum atomic E-state index is 11.5. The molecule has 0 saturated carbocycles. The van der Waals surface area contributed by atoms with E-state index in [1.54, 1.807) is 11.8 Å². The largest absolute Gasteiger partial charge is 0.378 e. The van der Waals surface area contributed by atoms with E-state index in [0.29, 0.717) is 5.56 Å². The van der Waals surface area contributed by atoms with Crippen LogP contribution in [0.5, 0.6) is 0 Å². The van der Waals surface area contributed by atoms with Crippen LogP contribution in [0.1, 0.15) is 29.2 Å². The van der Waals surface area contributed by atoms with Gasteiger partial charge in [0.05, 0.1) is 0 Å². The van der Waals surface area contributed by atoms with Crippen molar-refractivity contribution in [2.24, 2.45) is 0 Å². The van der Waals surface area contributed by atoms with Crippen LogP contribution in [-0.4, -0.2) is 11.0 Å². The second kappa shape index (κ2) is 4.90. The number of fused-ring (bicyclic) bond motifs is 2. The molecule has 2 aromatic carbocycles. The van der Waals surface area contributed by atoms with E-state index in [1.807, 2.05) is 18.2 Å². The van der Waals surface area contributed by atoms with Crippen LogP contribution in [0.4, 0.5) is 5.69 Å². The summed E-state index contributed by atoms with van der Waals surface area (Å²) in [6.45, 7) is 0. The molecule has 3 nitrogen and oxygen atoms in total. The summed E-state index contributed by atoms with van der Waals surface area (Å²) >= 11 is 1.69. The molecule has 1 heterocycles. The Morgan fingerprint density at radius 3 is 2.71 bits per heavy atom. The number of aliphatic hydroxyl groups excluding tert-OH is 1. The van der Waals surface area contributed by atoms with Gasteiger partial charge in [-0.3, -0.25) is 4.79 Å². The van der Waals surface area contributed by atoms with E-state index in [4.69, 9.17) is 0 Å². The smallest absolute Gasteiger partial charge is 0.257 e. The lowest BCUT2D eigenvalue weighted by molar-refractivity contribution is -0.123. The normalized spacial score (nSPS) is 19.3. The summed E-state index contributed by atoms with van der Waals surface area (Å²) in [6, 6.07) is 12.4. The van der Waals surface area contributed by atoms with Gasteiger partial charge in [0.25, 0.3) is 5.91 Å². The second-order valence-corrected chi connectivity index (χ2v) is 6.67. The van der Waals surface area contributed by atoms with Crippen LogP contribution in [0.25, 0.3) is 0 Å². The number of aliphatic hydroxyl groups is 1. The van der Waals surface area contributed by atoms with Crippen molar-refractivity contribution >= 4 is 23.4 Å². The van der Waals surface area contributed by atoms with Crippen LogP contribution < -0.4 is 5.32 Å². The number of amides is 1. The Balaban J connectivity index is 1.61. The fraction of sp³-hybridized carbons (Fsp3) is 0.235. The van der Waals surface area contributed by atoms with Crippen molar-refractivity contribution < 1.29 is 9.90 Å². The van der Waals surface area contributed by atoms with E-state index in [2.05, 4.69) is 23.5 Å². The molecule has 0 aromatic heterocycles. The van der Waals surface area contributed by atoms with Crippen LogP contribution in [0.15, 0.2) is 46.2 Å². The molecule has 2 aliphatic rings. The van der Waals surface area contributed by atoms with E-state index >= 15 is 0 Å². The highest BCUT2D eigenvalue weighted by Gasteiger charge is 2.28. The summed E-state index contributed by atoms with van der Waals surface area (Å²) in [6.07, 6.45) is 2.60. The summed E-state index contributed by atoms with van der Waals surface area (Å²) in [5, 5.41) is 12.4. The molecule has 21 heavy (non-hydrogen) atoms. The van der Waals surface area contributed by atoms with Gasteiger partial charge in [0, 0.05) is 21.0 Å². The second-order valence-electron chi connectivity index (χ2n) is 5.53. The molecule has 4 heteroatoms. The topological polar surface area (TPSA) is 49.3 Å². The van der Waals surface area contributed by atoms with E-state index in [-0.39, 0.29) is 5.91 Å². The van der Waals surface area contributed by atoms with Crippen LogP contribution >= 0.6 is 11.8 Å². The average Bonchev–Trinajstić information content (AvgIpc) is 3.04. The summed E-state index contributed by atoms with van der Waals surface area (Å²) in [7, 11) is 0. The minimum absolute atomic E-state index is 0.343. The lowest BCUT2D eigenvalue weighted by atomic mass is 10.1. The minimum Gasteiger partial charge on any atom is -0.378 e. The maximum Gasteiger partial charge on any atom is 0.257 e. The Labute approximate surface area is 127 Å². The van der Waals surface area contributed by atoms with Crippen LogP contribution in [0.2, 0.25) is 0 Å². The molecule has 0 bridgehead atoms. The molecule has 0 spiro atoms. The molecule has 2 N–H and O–H groups in total. The summed E-state index contributed by atoms with van der Waals surface area (Å²) in [5.74, 6) is -0.343. The van der Waals surface area contributed by atoms with Crippen molar-refractivity contribution in [3.8, 4) is 0 Å². The third-order valence-corrected chi connectivity index (χ3v) is 5.11. The Hall–Kier alpha value is -1.78. The van der Waals surface area contributed by atoms with Crippen LogP contribution in [0, 0.1) is 0 Å². The fourth-order valence-corrected chi connectivity index (χ4v) is 3.96. The lowest BCUT2D eigenvalue weighted by Gasteiger charge is -2.07. The standard InChI is InChI=1S/C17H15NO2S/c19-16-14-7-6-13(9-15(14)18-17(16)20)21-12-5-4-10-2-1-3-11(10)8-12/h4-9,16,19H,1-3H2,(H,18,20). The molecule has 1 aliphatic carbocycles. The van der Waals surface area contributed by atoms with Crippen LogP contribution in [-0.2, 0) is 17.6 Å². The summed E-state index contributed by atoms with van der Waals surface area (Å²) in [4.78, 5) is 13.8. The lowest BCUT2D eigenvalue weighted by Crippen LogP contribution is -2.10. The van der Waals surface area contributed by atoms with E-state index < -0.39 is 6.10 Å². The van der Waals surface area contributed by atoms with Gasteiger partial charge in [-0.2, -0.15) is 0 Å². The van der Waals surface area contributed by atoms with Crippen molar-refractivity contribution in [2.75, 3.05) is 5.32 Å². The average molecular weight is 297 g/mol. The monoisotopic (exact) mass is 297 g/mol. The van der Waals surface area contributed by atoms with Crippen molar-refractivity contribution in [3.63, 3.8) is 0 Å². The summed E-state index contributed by atoms with van der Waals surface area (Å²) < 4.78 is 0. The van der Waals surface area contributed by atoms with Crippen molar-refractivity contribution in [3.05, 3.63) is 53.1 Å². The molecule has 4 rings (SSSR count). The molecule has 0 fully saturated rings. The van der Waals surface area contributed by atoms with E-state index in [9.17, 15) is 9.90 Å². The zero-order valence-electron chi connectivity index (χ0n) is 11.4. The van der Waals surface area contributed by atoms with Crippen LogP contribution in [0.3, 0.4) is 0 Å². The highest BCUT2D eigenvalue weighted by Crippen LogP contribution is 2.37. The molecule has 0 saturated heterocycles. The summed E-state index contributed by atoms with van der Waals surface area (Å²) in [5.41, 5.74) is 4.32. The number of aryl methyl sites for hydroxylation is 2. The predicted octanol–water partition coefficient (Wildman–Crippen LogP) is 3.31. The molecule has 1 unspecified atom stereocenters. The molecular weight excluding hydrogens is 282 g/mol. The number of hydrogen-bond acceptors (Lipinski definition) is 3. The molecule has 0 radical (unpaired) electrons. The van der Waals surface area contributed by atoms with E-state index in [1.165, 1.54) is 35.3 Å². The van der Waals surface area contributed by atoms with Gasteiger partial charge in [0.1, 0.15) is 0 Å². The first kappa shape index (κ1) is 12.9. The minimum atomic E-state index is -1.03. The van der Waals surface area contributed by atoms with Gasteiger partial charge in [0.2, 0.25) is 0 Å². The van der Waals surface area contributed by atoms with Gasteiger partial charge >= 0.3 is 0 Å². The molecule has 1 aliphatic heterocycles. The Bertz CT molecular complexity index is 742. The maximum absolute atomic E-state index is 11.5. The van der Waals surface area contributed by atoms with Crippen molar-refractivity contribution in [2.45, 2.75) is 35.2 Å². The van der Waals surface area contributed by atoms with Gasteiger partial charge in [0.15, 0.2) is 6.10 Å². The quantitative estimate of drug-likeness (QED) is 0.894. The van der Waals surface area contributed by atoms with Gasteiger partial charge in [-0.15, -0.1) is 0 Å². The highest BCUT2D eigenvalue weighted by atomic mass is 32.2. The molecule has 106 valence electrons. The van der Waals surface area contributed by atoms with Crippen molar-refractivity contribution in [1.29, 1.82) is 0 Å². The van der Waals surface area contributed by atoms with Gasteiger partial charge in [-0.05, 0) is 54.7 Å². The third-order valence-electron chi connectivity index (χ3n) is 4.13. The Kier molecular flexibility index (Phi) is 3.01. The zero-order valence-corrected chi connectivity index (χ0v) is 12.2. The number of benzene rings is 2. The third kappa shape index (κ3) is 2.24. The molecule has 1 amide bonds. The van der Waals surface area contributed by atoms with Gasteiger partial charge in [-0.25, -0.2) is 0 Å². The first-order valence-corrected chi connectivity index (χ1v) is 7.95. The van der Waals surface area contributed by atoms with E-state index in [0.717, 1.165) is 10.6 Å². The first-order valence-electron chi connectivity index (χ1n) is 7.13. The predicted molar refractivity (Wildman–Crippen MR) is 82.6 cm³/mol. The number of hydrogen-bond donors (Lipinski definition) is 2. The molecular formula is C17H15NO2S. The number of nitrogens with one attached hydrogen (secondary N) is 1. The molecule has 2 aromatic rings. The Morgan fingerprint density at radius 2 is 1.81 bits per heavy atom. The van der Waals surface area contributed by atoms with Crippen molar-refractivity contribution in [1.82, 2.24) is 0 Å². The van der Waals surface area contributed by atoms with Gasteiger partial charge in [-0.1, -0.05) is 23.9 Å². The fourth-order valence-electron chi connectivity index (χ4n) is 3.04. The van der Waals surface area contributed by atoms with Gasteiger partial charge < -0.3 is 10.4 Å². The zero-order chi connectivity index (χ0) is 14.4.